The van der Waals surface area contributed by atoms with Crippen molar-refractivity contribution in [3.05, 3.63) is 44.2 Å². The fourth-order valence-electron chi connectivity index (χ4n) is 2.07. The van der Waals surface area contributed by atoms with Crippen LogP contribution in [0.4, 0.5) is 0 Å². The fourth-order valence-corrected chi connectivity index (χ4v) is 4.65. The van der Waals surface area contributed by atoms with Crippen LogP contribution in [0.1, 0.15) is 33.0 Å². The number of thiophene rings is 1. The topological polar surface area (TPSA) is 54.9 Å². The van der Waals surface area contributed by atoms with Crippen LogP contribution in [-0.2, 0) is 13.0 Å². The van der Waals surface area contributed by atoms with Gasteiger partial charge in [-0.15, -0.1) is 34.0 Å². The van der Waals surface area contributed by atoms with E-state index in [0.29, 0.717) is 12.2 Å². The van der Waals surface area contributed by atoms with E-state index in [1.165, 1.54) is 11.3 Å². The van der Waals surface area contributed by atoms with Crippen LogP contribution in [0.15, 0.2) is 22.9 Å². The smallest absolute Gasteiger partial charge is 0.271 e. The Bertz CT molecular complexity index is 774. The van der Waals surface area contributed by atoms with E-state index in [1.54, 1.807) is 22.7 Å². The number of amides is 1. The molecular formula is C15H15N3OS3. The van der Waals surface area contributed by atoms with Gasteiger partial charge < -0.3 is 5.32 Å². The number of hydrogen-bond acceptors (Lipinski definition) is 6. The molecule has 1 amide bonds. The molecule has 114 valence electrons. The largest absolute Gasteiger partial charge is 0.346 e. The van der Waals surface area contributed by atoms with Gasteiger partial charge >= 0.3 is 0 Å². The third-order valence-corrected chi connectivity index (χ3v) is 5.99. The van der Waals surface area contributed by atoms with Crippen molar-refractivity contribution in [3.8, 4) is 9.88 Å². The number of nitrogens with zero attached hydrogens (tertiary/aromatic N) is 2. The first-order valence-electron chi connectivity index (χ1n) is 6.90. The first-order valence-corrected chi connectivity index (χ1v) is 9.47. The Balaban J connectivity index is 1.67. The molecule has 0 aliphatic rings. The van der Waals surface area contributed by atoms with E-state index in [4.69, 9.17) is 0 Å². The van der Waals surface area contributed by atoms with Crippen molar-refractivity contribution in [1.82, 2.24) is 15.3 Å². The molecule has 3 heterocycles. The number of aryl methyl sites for hydroxylation is 2. The second-order valence-corrected chi connectivity index (χ2v) is 7.75. The lowest BCUT2D eigenvalue weighted by atomic mass is 10.3. The lowest BCUT2D eigenvalue weighted by Gasteiger charge is -2.02. The van der Waals surface area contributed by atoms with Crippen molar-refractivity contribution in [2.75, 3.05) is 0 Å². The minimum absolute atomic E-state index is 0.132. The Hall–Kier alpha value is -1.57. The molecule has 0 radical (unpaired) electrons. The number of thiazole rings is 2. The van der Waals surface area contributed by atoms with Crippen molar-refractivity contribution in [3.63, 3.8) is 0 Å². The van der Waals surface area contributed by atoms with Gasteiger partial charge in [0.05, 0.1) is 22.1 Å². The van der Waals surface area contributed by atoms with Crippen molar-refractivity contribution in [2.45, 2.75) is 26.8 Å². The van der Waals surface area contributed by atoms with Crippen LogP contribution in [0, 0.1) is 6.92 Å². The van der Waals surface area contributed by atoms with E-state index in [9.17, 15) is 4.79 Å². The summed E-state index contributed by atoms with van der Waals surface area (Å²) in [6, 6.07) is 4.00. The van der Waals surface area contributed by atoms with Crippen molar-refractivity contribution >= 4 is 39.9 Å². The summed E-state index contributed by atoms with van der Waals surface area (Å²) in [6.45, 7) is 4.58. The average Bonchev–Trinajstić information content (AvgIpc) is 3.23. The van der Waals surface area contributed by atoms with Crippen LogP contribution < -0.4 is 5.32 Å². The van der Waals surface area contributed by atoms with Gasteiger partial charge in [0.25, 0.3) is 5.91 Å². The van der Waals surface area contributed by atoms with Crippen LogP contribution in [0.25, 0.3) is 9.88 Å². The maximum absolute atomic E-state index is 12.2. The maximum atomic E-state index is 12.2. The molecule has 22 heavy (non-hydrogen) atoms. The quantitative estimate of drug-likeness (QED) is 0.753. The predicted molar refractivity (Wildman–Crippen MR) is 92.8 cm³/mol. The summed E-state index contributed by atoms with van der Waals surface area (Å²) in [7, 11) is 0. The minimum atomic E-state index is -0.132. The van der Waals surface area contributed by atoms with E-state index >= 15 is 0 Å². The van der Waals surface area contributed by atoms with Crippen LogP contribution in [0.5, 0.6) is 0 Å². The van der Waals surface area contributed by atoms with Gasteiger partial charge in [0.15, 0.2) is 0 Å². The molecule has 0 fully saturated rings. The Kier molecular flexibility index (Phi) is 4.66. The first-order chi connectivity index (χ1) is 10.7. The number of aromatic nitrogens is 2. The Morgan fingerprint density at radius 2 is 2.18 bits per heavy atom. The fraction of sp³-hybridized carbons (Fsp3) is 0.267. The second-order valence-electron chi connectivity index (χ2n) is 4.65. The van der Waals surface area contributed by atoms with E-state index in [2.05, 4.69) is 22.2 Å². The molecule has 3 aromatic rings. The normalized spacial score (nSPS) is 10.8. The highest BCUT2D eigenvalue weighted by Crippen LogP contribution is 2.27. The molecule has 3 rings (SSSR count). The van der Waals surface area contributed by atoms with E-state index in [-0.39, 0.29) is 5.91 Å². The summed E-state index contributed by atoms with van der Waals surface area (Å²) in [6.07, 6.45) is 0.884. The number of rotatable bonds is 5. The number of carbonyl (C=O) groups is 1. The summed E-state index contributed by atoms with van der Waals surface area (Å²) in [5.41, 5.74) is 1.55. The highest BCUT2D eigenvalue weighted by molar-refractivity contribution is 7.20. The number of hydrogen-bond donors (Lipinski definition) is 1. The standard InChI is InChI=1S/C15H15N3OS3/c1-3-10-13(22-9(2)17-10)7-16-14(19)11-8-21-15(18-11)12-5-4-6-20-12/h4-6,8H,3,7H2,1-2H3,(H,16,19). The van der Waals surface area contributed by atoms with Gasteiger partial charge in [0, 0.05) is 10.3 Å². The summed E-state index contributed by atoms with van der Waals surface area (Å²) < 4.78 is 0. The van der Waals surface area contributed by atoms with Gasteiger partial charge in [-0.3, -0.25) is 4.79 Å². The lowest BCUT2D eigenvalue weighted by molar-refractivity contribution is 0.0947. The highest BCUT2D eigenvalue weighted by atomic mass is 32.1. The maximum Gasteiger partial charge on any atom is 0.271 e. The summed E-state index contributed by atoms with van der Waals surface area (Å²) >= 11 is 4.76. The Morgan fingerprint density at radius 3 is 2.91 bits per heavy atom. The van der Waals surface area contributed by atoms with Gasteiger partial charge in [-0.2, -0.15) is 0 Å². The number of carbonyl (C=O) groups excluding carboxylic acids is 1. The molecular weight excluding hydrogens is 334 g/mol. The highest BCUT2D eigenvalue weighted by Gasteiger charge is 2.14. The van der Waals surface area contributed by atoms with E-state index in [1.807, 2.05) is 29.8 Å². The van der Waals surface area contributed by atoms with Gasteiger partial charge in [-0.25, -0.2) is 9.97 Å². The summed E-state index contributed by atoms with van der Waals surface area (Å²) in [5, 5.41) is 8.69. The van der Waals surface area contributed by atoms with Gasteiger partial charge in [-0.05, 0) is 24.8 Å². The third-order valence-electron chi connectivity index (χ3n) is 3.10. The van der Waals surface area contributed by atoms with Crippen LogP contribution in [0.2, 0.25) is 0 Å². The van der Waals surface area contributed by atoms with Crippen molar-refractivity contribution in [1.29, 1.82) is 0 Å². The molecule has 0 bridgehead atoms. The van der Waals surface area contributed by atoms with Crippen LogP contribution in [-0.4, -0.2) is 15.9 Å². The van der Waals surface area contributed by atoms with Gasteiger partial charge in [0.2, 0.25) is 0 Å². The SMILES string of the molecule is CCc1nc(C)sc1CNC(=O)c1csc(-c2cccs2)n1. The second kappa shape index (κ2) is 6.68. The van der Waals surface area contributed by atoms with Gasteiger partial charge in [-0.1, -0.05) is 13.0 Å². The van der Waals surface area contributed by atoms with Crippen LogP contribution >= 0.6 is 34.0 Å². The van der Waals surface area contributed by atoms with Crippen molar-refractivity contribution in [2.24, 2.45) is 0 Å². The molecule has 0 aliphatic heterocycles. The molecule has 0 aromatic carbocycles. The van der Waals surface area contributed by atoms with Gasteiger partial charge in [0.1, 0.15) is 10.7 Å². The average molecular weight is 350 g/mol. The Labute approximate surface area is 140 Å². The monoisotopic (exact) mass is 349 g/mol. The molecule has 0 unspecified atom stereocenters. The predicted octanol–water partition coefficient (Wildman–Crippen LogP) is 4.13. The third kappa shape index (κ3) is 3.26. The number of nitrogens with one attached hydrogen (secondary N) is 1. The van der Waals surface area contributed by atoms with Crippen molar-refractivity contribution < 1.29 is 4.79 Å². The molecule has 7 heteroatoms. The molecule has 0 aliphatic carbocycles. The minimum Gasteiger partial charge on any atom is -0.346 e. The Morgan fingerprint density at radius 1 is 1.32 bits per heavy atom. The molecule has 3 aromatic heterocycles. The van der Waals surface area contributed by atoms with E-state index < -0.39 is 0 Å². The molecule has 0 saturated carbocycles. The molecule has 0 atom stereocenters. The zero-order valence-corrected chi connectivity index (χ0v) is 14.7. The summed E-state index contributed by atoms with van der Waals surface area (Å²) in [4.78, 5) is 23.3. The molecule has 0 saturated heterocycles. The van der Waals surface area contributed by atoms with E-state index in [0.717, 1.165) is 31.9 Å². The molecule has 1 N–H and O–H groups in total. The zero-order valence-electron chi connectivity index (χ0n) is 12.3. The van der Waals surface area contributed by atoms with Crippen LogP contribution in [0.3, 0.4) is 0 Å². The zero-order chi connectivity index (χ0) is 15.5. The summed E-state index contributed by atoms with van der Waals surface area (Å²) in [5.74, 6) is -0.132. The first kappa shape index (κ1) is 15.3. The molecule has 4 nitrogen and oxygen atoms in total. The lowest BCUT2D eigenvalue weighted by Crippen LogP contribution is -2.23. The molecule has 0 spiro atoms.